The zero-order valence-corrected chi connectivity index (χ0v) is 10.4. The van der Waals surface area contributed by atoms with E-state index < -0.39 is 23.1 Å². The number of halogens is 3. The van der Waals surface area contributed by atoms with Crippen LogP contribution in [0.4, 0.5) is 8.78 Å². The highest BCUT2D eigenvalue weighted by Gasteiger charge is 2.18. The van der Waals surface area contributed by atoms with Crippen LogP contribution < -0.4 is 5.32 Å². The average Bonchev–Trinajstić information content (AvgIpc) is 2.24. The first-order valence-electron chi connectivity index (χ1n) is 4.99. The van der Waals surface area contributed by atoms with Crippen LogP contribution in [0.15, 0.2) is 16.6 Å². The Hall–Kier alpha value is -0.970. The molecule has 88 valence electrons. The molecular formula is C11H12BrF2NO. The van der Waals surface area contributed by atoms with E-state index in [2.05, 4.69) is 21.2 Å². The SMILES string of the molecule is CCCCNC(=O)c1c(F)ccc(Br)c1F. The Balaban J connectivity index is 2.86. The molecule has 1 rings (SSSR count). The Kier molecular flexibility index (Phi) is 4.86. The van der Waals surface area contributed by atoms with Crippen molar-refractivity contribution < 1.29 is 13.6 Å². The molecule has 0 aliphatic heterocycles. The van der Waals surface area contributed by atoms with Gasteiger partial charge in [0.15, 0.2) is 5.82 Å². The van der Waals surface area contributed by atoms with Gasteiger partial charge in [0.1, 0.15) is 11.4 Å². The summed E-state index contributed by atoms with van der Waals surface area (Å²) in [6.07, 6.45) is 1.69. The summed E-state index contributed by atoms with van der Waals surface area (Å²) in [6, 6.07) is 2.29. The van der Waals surface area contributed by atoms with Gasteiger partial charge in [0.2, 0.25) is 0 Å². The van der Waals surface area contributed by atoms with Gasteiger partial charge in [0.25, 0.3) is 5.91 Å². The smallest absolute Gasteiger partial charge is 0.257 e. The van der Waals surface area contributed by atoms with Crippen LogP contribution in [0.2, 0.25) is 0 Å². The Morgan fingerprint density at radius 3 is 2.75 bits per heavy atom. The van der Waals surface area contributed by atoms with Crippen molar-refractivity contribution in [2.75, 3.05) is 6.54 Å². The molecule has 1 N–H and O–H groups in total. The molecule has 0 bridgehead atoms. The van der Waals surface area contributed by atoms with Crippen LogP contribution in [-0.4, -0.2) is 12.5 Å². The van der Waals surface area contributed by atoms with E-state index in [1.807, 2.05) is 6.92 Å². The molecule has 0 unspecified atom stereocenters. The largest absolute Gasteiger partial charge is 0.352 e. The van der Waals surface area contributed by atoms with E-state index in [9.17, 15) is 13.6 Å². The molecule has 0 spiro atoms. The predicted molar refractivity (Wildman–Crippen MR) is 61.3 cm³/mol. The molecule has 1 aromatic carbocycles. The number of carbonyl (C=O) groups is 1. The third-order valence-corrected chi connectivity index (χ3v) is 2.70. The van der Waals surface area contributed by atoms with Gasteiger partial charge < -0.3 is 5.32 Å². The summed E-state index contributed by atoms with van der Waals surface area (Å²) in [7, 11) is 0. The summed E-state index contributed by atoms with van der Waals surface area (Å²) in [5.41, 5.74) is -0.537. The summed E-state index contributed by atoms with van der Waals surface area (Å²) < 4.78 is 26.8. The van der Waals surface area contributed by atoms with Gasteiger partial charge >= 0.3 is 0 Å². The average molecular weight is 292 g/mol. The first-order valence-corrected chi connectivity index (χ1v) is 5.79. The first-order chi connectivity index (χ1) is 7.57. The number of carbonyl (C=O) groups excluding carboxylic acids is 1. The maximum atomic E-state index is 13.5. The molecule has 0 atom stereocenters. The second-order valence-corrected chi connectivity index (χ2v) is 4.18. The van der Waals surface area contributed by atoms with Gasteiger partial charge in [0, 0.05) is 6.54 Å². The van der Waals surface area contributed by atoms with Crippen molar-refractivity contribution in [3.8, 4) is 0 Å². The number of amides is 1. The van der Waals surface area contributed by atoms with Gasteiger partial charge in [-0.3, -0.25) is 4.79 Å². The lowest BCUT2D eigenvalue weighted by Gasteiger charge is -2.07. The molecule has 5 heteroatoms. The van der Waals surface area contributed by atoms with Crippen molar-refractivity contribution in [3.63, 3.8) is 0 Å². The van der Waals surface area contributed by atoms with Crippen LogP contribution in [0.25, 0.3) is 0 Å². The molecule has 0 aliphatic rings. The van der Waals surface area contributed by atoms with Crippen molar-refractivity contribution in [3.05, 3.63) is 33.8 Å². The van der Waals surface area contributed by atoms with Crippen LogP contribution >= 0.6 is 15.9 Å². The highest BCUT2D eigenvalue weighted by atomic mass is 79.9. The lowest BCUT2D eigenvalue weighted by atomic mass is 10.2. The van der Waals surface area contributed by atoms with E-state index >= 15 is 0 Å². The summed E-state index contributed by atoms with van der Waals surface area (Å²) in [6.45, 7) is 2.38. The Labute approximate surface area is 101 Å². The normalized spacial score (nSPS) is 10.2. The van der Waals surface area contributed by atoms with E-state index in [4.69, 9.17) is 0 Å². The number of hydrogen-bond acceptors (Lipinski definition) is 1. The minimum atomic E-state index is -0.867. The standard InChI is InChI=1S/C11H12BrF2NO/c1-2-3-6-15-11(16)9-8(13)5-4-7(12)10(9)14/h4-5H,2-3,6H2,1H3,(H,15,16). The Morgan fingerprint density at radius 1 is 1.44 bits per heavy atom. The maximum Gasteiger partial charge on any atom is 0.257 e. The Morgan fingerprint density at radius 2 is 2.12 bits per heavy atom. The second kappa shape index (κ2) is 5.94. The lowest BCUT2D eigenvalue weighted by molar-refractivity contribution is 0.0944. The van der Waals surface area contributed by atoms with Crippen molar-refractivity contribution in [1.29, 1.82) is 0 Å². The van der Waals surface area contributed by atoms with E-state index in [0.717, 1.165) is 18.9 Å². The van der Waals surface area contributed by atoms with Crippen LogP contribution in [0.5, 0.6) is 0 Å². The zero-order valence-electron chi connectivity index (χ0n) is 8.82. The fourth-order valence-electron chi connectivity index (χ4n) is 1.20. The zero-order chi connectivity index (χ0) is 12.1. The van der Waals surface area contributed by atoms with E-state index in [-0.39, 0.29) is 4.47 Å². The van der Waals surface area contributed by atoms with Crippen molar-refractivity contribution in [2.45, 2.75) is 19.8 Å². The summed E-state index contributed by atoms with van der Waals surface area (Å²) in [5, 5.41) is 2.47. The molecule has 0 saturated carbocycles. The van der Waals surface area contributed by atoms with Crippen molar-refractivity contribution >= 4 is 21.8 Å². The van der Waals surface area contributed by atoms with Crippen LogP contribution in [-0.2, 0) is 0 Å². The van der Waals surface area contributed by atoms with Crippen LogP contribution in [0, 0.1) is 11.6 Å². The molecule has 0 heterocycles. The number of rotatable bonds is 4. The fraction of sp³-hybridized carbons (Fsp3) is 0.364. The minimum Gasteiger partial charge on any atom is -0.352 e. The van der Waals surface area contributed by atoms with Gasteiger partial charge in [-0.05, 0) is 34.5 Å². The maximum absolute atomic E-state index is 13.5. The molecule has 1 aromatic rings. The first kappa shape index (κ1) is 13.1. The van der Waals surface area contributed by atoms with Gasteiger partial charge in [-0.2, -0.15) is 0 Å². The quantitative estimate of drug-likeness (QED) is 0.670. The predicted octanol–water partition coefficient (Wildman–Crippen LogP) is 3.26. The van der Waals surface area contributed by atoms with Crippen molar-refractivity contribution in [1.82, 2.24) is 5.32 Å². The molecule has 0 fully saturated rings. The molecule has 16 heavy (non-hydrogen) atoms. The molecule has 0 aromatic heterocycles. The molecule has 0 aliphatic carbocycles. The van der Waals surface area contributed by atoms with E-state index in [1.54, 1.807) is 0 Å². The lowest BCUT2D eigenvalue weighted by Crippen LogP contribution is -2.26. The highest BCUT2D eigenvalue weighted by Crippen LogP contribution is 2.21. The Bertz CT molecular complexity index is 396. The van der Waals surface area contributed by atoms with Gasteiger partial charge in [-0.15, -0.1) is 0 Å². The second-order valence-electron chi connectivity index (χ2n) is 3.33. The summed E-state index contributed by atoms with van der Waals surface area (Å²) in [5.74, 6) is -2.44. The van der Waals surface area contributed by atoms with Gasteiger partial charge in [-0.25, -0.2) is 8.78 Å². The highest BCUT2D eigenvalue weighted by molar-refractivity contribution is 9.10. The summed E-state index contributed by atoms with van der Waals surface area (Å²) >= 11 is 2.91. The third kappa shape index (κ3) is 3.01. The van der Waals surface area contributed by atoms with Crippen LogP contribution in [0.3, 0.4) is 0 Å². The number of benzene rings is 1. The molecule has 2 nitrogen and oxygen atoms in total. The van der Waals surface area contributed by atoms with E-state index in [1.165, 1.54) is 6.07 Å². The number of hydrogen-bond donors (Lipinski definition) is 1. The molecule has 1 amide bonds. The number of unbranched alkanes of at least 4 members (excludes halogenated alkanes) is 1. The molecular weight excluding hydrogens is 280 g/mol. The van der Waals surface area contributed by atoms with E-state index in [0.29, 0.717) is 6.54 Å². The van der Waals surface area contributed by atoms with Gasteiger partial charge in [0.05, 0.1) is 4.47 Å². The fourth-order valence-corrected chi connectivity index (χ4v) is 1.53. The minimum absolute atomic E-state index is 0.0783. The molecule has 0 radical (unpaired) electrons. The van der Waals surface area contributed by atoms with Gasteiger partial charge in [-0.1, -0.05) is 13.3 Å². The topological polar surface area (TPSA) is 29.1 Å². The third-order valence-electron chi connectivity index (χ3n) is 2.09. The molecule has 0 saturated heterocycles. The monoisotopic (exact) mass is 291 g/mol. The van der Waals surface area contributed by atoms with Crippen LogP contribution in [0.1, 0.15) is 30.1 Å². The van der Waals surface area contributed by atoms with Crippen molar-refractivity contribution in [2.24, 2.45) is 0 Å². The number of nitrogens with one attached hydrogen (secondary N) is 1. The summed E-state index contributed by atoms with van der Waals surface area (Å²) in [4.78, 5) is 11.5.